The molecule has 10 heteroatoms. The second-order valence-electron chi connectivity index (χ2n) is 19.6. The lowest BCUT2D eigenvalue weighted by Crippen LogP contribution is -2.37. The molecule has 0 aliphatic rings. The van der Waals surface area contributed by atoms with Crippen molar-refractivity contribution in [2.45, 2.75) is 213 Å². The van der Waals surface area contributed by atoms with Gasteiger partial charge in [0.2, 0.25) is 0 Å². The maximum absolute atomic E-state index is 12.8. The Kier molecular flexibility index (Phi) is 49.7. The number of likely N-dealkylation sites (N-methyl/N-ethyl adjacent to an activating group) is 1. The highest BCUT2D eigenvalue weighted by molar-refractivity contribution is 7.45. The fourth-order valence-electron chi connectivity index (χ4n) is 7.12. The number of rotatable bonds is 50. The maximum Gasteiger partial charge on any atom is 0.306 e. The van der Waals surface area contributed by atoms with Gasteiger partial charge in [-0.15, -0.1) is 0 Å². The lowest BCUT2D eigenvalue weighted by Gasteiger charge is -2.28. The molecule has 0 aromatic rings. The number of allylic oxidation sites excluding steroid dienone is 20. The van der Waals surface area contributed by atoms with Crippen LogP contribution in [0.15, 0.2) is 122 Å². The Balaban J connectivity index is 4.33. The lowest BCUT2D eigenvalue weighted by atomic mass is 10.1. The van der Waals surface area contributed by atoms with Crippen LogP contribution in [0.2, 0.25) is 0 Å². The summed E-state index contributed by atoms with van der Waals surface area (Å²) in [5, 5.41) is 0. The molecule has 0 aliphatic carbocycles. The van der Waals surface area contributed by atoms with Crippen LogP contribution in [0.25, 0.3) is 0 Å². The molecule has 0 heterocycles. The number of hydrogen-bond acceptors (Lipinski definition) is 8. The van der Waals surface area contributed by atoms with E-state index >= 15 is 0 Å². The normalized spacial score (nSPS) is 14.2. The summed E-state index contributed by atoms with van der Waals surface area (Å²) >= 11 is 0. The highest BCUT2D eigenvalue weighted by Crippen LogP contribution is 2.38. The predicted octanol–water partition coefficient (Wildman–Crippen LogP) is 17.0. The second-order valence-corrected chi connectivity index (χ2v) is 21.0. The van der Waals surface area contributed by atoms with E-state index in [1.165, 1.54) is 77.0 Å². The Hall–Kier alpha value is -3.59. The first-order valence-electron chi connectivity index (χ1n) is 28.2. The van der Waals surface area contributed by atoms with E-state index in [1.807, 2.05) is 27.2 Å². The third-order valence-corrected chi connectivity index (χ3v) is 12.4. The number of esters is 2. The zero-order valence-corrected chi connectivity index (χ0v) is 47.2. The number of ether oxygens (including phenoxy) is 2. The Morgan fingerprint density at radius 1 is 0.444 bits per heavy atom. The number of carbonyl (C=O) groups excluding carboxylic acids is 2. The van der Waals surface area contributed by atoms with E-state index < -0.39 is 32.5 Å². The van der Waals surface area contributed by atoms with Crippen molar-refractivity contribution in [3.8, 4) is 0 Å². The van der Waals surface area contributed by atoms with Crippen LogP contribution >= 0.6 is 7.82 Å². The molecule has 9 nitrogen and oxygen atoms in total. The maximum atomic E-state index is 12.8. The van der Waals surface area contributed by atoms with Crippen LogP contribution < -0.4 is 4.89 Å². The van der Waals surface area contributed by atoms with Crippen LogP contribution in [0, 0.1) is 0 Å². The highest BCUT2D eigenvalue weighted by atomic mass is 31.2. The third-order valence-electron chi connectivity index (χ3n) is 11.5. The van der Waals surface area contributed by atoms with Crippen LogP contribution in [-0.4, -0.2) is 70.0 Å². The van der Waals surface area contributed by atoms with Crippen LogP contribution in [-0.2, 0) is 32.7 Å². The van der Waals surface area contributed by atoms with Crippen molar-refractivity contribution in [3.63, 3.8) is 0 Å². The molecule has 0 fully saturated rings. The Labute approximate surface area is 441 Å². The van der Waals surface area contributed by atoms with Gasteiger partial charge in [-0.1, -0.05) is 212 Å². The molecule has 0 spiro atoms. The zero-order chi connectivity index (χ0) is 52.7. The molecule has 0 aliphatic heterocycles. The highest BCUT2D eigenvalue weighted by Gasteiger charge is 2.21. The van der Waals surface area contributed by atoms with Gasteiger partial charge in [0.15, 0.2) is 6.10 Å². The van der Waals surface area contributed by atoms with Crippen LogP contribution in [0.4, 0.5) is 0 Å². The first-order chi connectivity index (χ1) is 35.0. The third kappa shape index (κ3) is 55.7. The van der Waals surface area contributed by atoms with Crippen molar-refractivity contribution >= 4 is 19.8 Å². The number of hydrogen-bond donors (Lipinski definition) is 0. The lowest BCUT2D eigenvalue weighted by molar-refractivity contribution is -0.870. The van der Waals surface area contributed by atoms with E-state index in [1.54, 1.807) is 0 Å². The molecule has 0 N–H and O–H groups in total. The summed E-state index contributed by atoms with van der Waals surface area (Å²) in [6, 6.07) is 0. The molecule has 72 heavy (non-hydrogen) atoms. The van der Waals surface area contributed by atoms with E-state index in [0.29, 0.717) is 30.3 Å². The summed E-state index contributed by atoms with van der Waals surface area (Å²) in [6.45, 7) is 4.03. The molecule has 0 rings (SSSR count). The first kappa shape index (κ1) is 68.4. The second kappa shape index (κ2) is 52.3. The summed E-state index contributed by atoms with van der Waals surface area (Å²) in [6.07, 6.45) is 73.9. The van der Waals surface area contributed by atoms with Crippen molar-refractivity contribution < 1.29 is 42.1 Å². The molecule has 0 saturated heterocycles. The van der Waals surface area contributed by atoms with E-state index in [9.17, 15) is 19.0 Å². The molecular formula is C62H104NO8P. The number of unbranched alkanes of at least 4 members (excludes halogenated alkanes) is 16. The van der Waals surface area contributed by atoms with Gasteiger partial charge in [0.05, 0.1) is 27.7 Å². The fourth-order valence-corrected chi connectivity index (χ4v) is 7.85. The summed E-state index contributed by atoms with van der Waals surface area (Å²) in [4.78, 5) is 37.8. The molecule has 0 aromatic carbocycles. The first-order valence-corrected chi connectivity index (χ1v) is 29.7. The minimum atomic E-state index is -4.66. The average molecular weight is 1020 g/mol. The minimum Gasteiger partial charge on any atom is -0.756 e. The van der Waals surface area contributed by atoms with Crippen molar-refractivity contribution in [1.29, 1.82) is 0 Å². The molecule has 0 bridgehead atoms. The van der Waals surface area contributed by atoms with Crippen LogP contribution in [0.3, 0.4) is 0 Å². The van der Waals surface area contributed by atoms with Crippen LogP contribution in [0.5, 0.6) is 0 Å². The van der Waals surface area contributed by atoms with Crippen molar-refractivity contribution in [1.82, 2.24) is 0 Å². The smallest absolute Gasteiger partial charge is 0.306 e. The van der Waals surface area contributed by atoms with Gasteiger partial charge in [0.1, 0.15) is 19.8 Å². The number of carbonyl (C=O) groups is 2. The quantitative estimate of drug-likeness (QED) is 0.0195. The molecule has 0 radical (unpaired) electrons. The molecule has 2 atom stereocenters. The van der Waals surface area contributed by atoms with Gasteiger partial charge in [0, 0.05) is 12.8 Å². The summed E-state index contributed by atoms with van der Waals surface area (Å²) in [7, 11) is 1.11. The van der Waals surface area contributed by atoms with Gasteiger partial charge < -0.3 is 27.9 Å². The van der Waals surface area contributed by atoms with Gasteiger partial charge in [-0.25, -0.2) is 0 Å². The van der Waals surface area contributed by atoms with Gasteiger partial charge in [0.25, 0.3) is 7.82 Å². The summed E-state index contributed by atoms with van der Waals surface area (Å²) < 4.78 is 34.0. The Morgan fingerprint density at radius 3 is 1.22 bits per heavy atom. The number of nitrogens with zero attached hydrogens (tertiary/aromatic N) is 1. The van der Waals surface area contributed by atoms with Gasteiger partial charge in [-0.3, -0.25) is 14.2 Å². The van der Waals surface area contributed by atoms with Gasteiger partial charge in [-0.2, -0.15) is 0 Å². The average Bonchev–Trinajstić information content (AvgIpc) is 3.34. The standard InChI is InChI=1S/C62H104NO8P/c1-6-8-10-12-14-16-18-20-22-24-26-28-30-31-33-34-36-38-40-42-44-46-48-50-52-54-61(64)68-58-60(59-70-72(66,67)69-57-56-63(3,4)5)71-62(65)55-53-51-49-47-45-43-41-39-37-35-32-29-27-25-23-21-19-17-15-13-11-9-7-2/h9,11,15,17-18,20-21,23-24,26-27,29-31,35,37,41,43,47,49,60H,6-8,10,12-14,16,19,22,25,28,32-34,36,38-40,42,44-46,48,50-59H2,1-5H3/b11-9-,17-15-,20-18-,23-21-,26-24-,29-27-,31-30-,37-35-,43-41-,49-47-. The number of phosphoric acid groups is 1. The molecule has 0 amide bonds. The Bertz CT molecular complexity index is 1630. The van der Waals surface area contributed by atoms with Gasteiger partial charge >= 0.3 is 11.9 Å². The molecule has 2 unspecified atom stereocenters. The summed E-state index contributed by atoms with van der Waals surface area (Å²) in [5.41, 5.74) is 0. The van der Waals surface area contributed by atoms with E-state index in [-0.39, 0.29) is 26.1 Å². The largest absolute Gasteiger partial charge is 0.756 e. The predicted molar refractivity (Wildman–Crippen MR) is 305 cm³/mol. The van der Waals surface area contributed by atoms with Crippen molar-refractivity contribution in [3.05, 3.63) is 122 Å². The fraction of sp³-hybridized carbons (Fsp3) is 0.645. The van der Waals surface area contributed by atoms with E-state index in [4.69, 9.17) is 18.5 Å². The van der Waals surface area contributed by atoms with E-state index in [2.05, 4.69) is 129 Å². The molecule has 0 aromatic heterocycles. The van der Waals surface area contributed by atoms with E-state index in [0.717, 1.165) is 83.5 Å². The Morgan fingerprint density at radius 2 is 0.806 bits per heavy atom. The van der Waals surface area contributed by atoms with Crippen molar-refractivity contribution in [2.75, 3.05) is 47.5 Å². The van der Waals surface area contributed by atoms with Crippen molar-refractivity contribution in [2.24, 2.45) is 0 Å². The minimum absolute atomic E-state index is 0.0495. The SMILES string of the molecule is CC/C=C\C/C=C\C/C=C\C/C=C\C/C=C\C/C=C\C/C=C\CCCC(=O)OC(COC(=O)CCCCCCCCCCCC/C=C\C/C=C\C/C=C\CCCCCCC)COP(=O)([O-])OCC[N+](C)(C)C. The molecular weight excluding hydrogens is 918 g/mol. The number of phosphoric ester groups is 1. The molecule has 0 saturated carbocycles. The zero-order valence-electron chi connectivity index (χ0n) is 46.3. The van der Waals surface area contributed by atoms with Gasteiger partial charge in [-0.05, 0) is 103 Å². The topological polar surface area (TPSA) is 111 Å². The molecule has 410 valence electrons. The number of quaternary nitrogens is 1. The monoisotopic (exact) mass is 1020 g/mol. The summed E-state index contributed by atoms with van der Waals surface area (Å²) in [5.74, 6) is -0.916. The van der Waals surface area contributed by atoms with Crippen LogP contribution in [0.1, 0.15) is 206 Å².